The van der Waals surface area contributed by atoms with Gasteiger partial charge in [0, 0.05) is 18.3 Å². The zero-order valence-corrected chi connectivity index (χ0v) is 19.1. The Kier molecular flexibility index (Phi) is 14.0. The van der Waals surface area contributed by atoms with Gasteiger partial charge in [0.15, 0.2) is 0 Å². The van der Waals surface area contributed by atoms with Crippen molar-refractivity contribution in [2.24, 2.45) is 17.8 Å². The van der Waals surface area contributed by atoms with Crippen molar-refractivity contribution in [2.75, 3.05) is 26.2 Å². The predicted octanol–water partition coefficient (Wildman–Crippen LogP) is 2.94. The maximum absolute atomic E-state index is 11.5. The van der Waals surface area contributed by atoms with E-state index in [4.69, 9.17) is 0 Å². The van der Waals surface area contributed by atoms with Crippen molar-refractivity contribution in [3.8, 4) is 0 Å². The average Bonchev–Trinajstić information content (AvgIpc) is 2.66. The summed E-state index contributed by atoms with van der Waals surface area (Å²) in [7, 11) is 0. The molecule has 0 fully saturated rings. The Bertz CT molecular complexity index is 505. The van der Waals surface area contributed by atoms with Gasteiger partial charge < -0.3 is 24.6 Å². The summed E-state index contributed by atoms with van der Waals surface area (Å²) >= 11 is 0. The Hall–Kier alpha value is -1.89. The molecular formula is C23H41NO6. The first-order valence-electron chi connectivity index (χ1n) is 11.2. The Balaban J connectivity index is 5.24. The minimum atomic E-state index is -1.20. The zero-order valence-electron chi connectivity index (χ0n) is 19.1. The van der Waals surface area contributed by atoms with Crippen molar-refractivity contribution < 1.29 is 34.2 Å². The Morgan fingerprint density at radius 3 is 1.73 bits per heavy atom. The second kappa shape index (κ2) is 15.0. The van der Waals surface area contributed by atoms with E-state index in [0.29, 0.717) is 13.0 Å². The van der Waals surface area contributed by atoms with Crippen molar-refractivity contribution in [3.63, 3.8) is 0 Å². The molecule has 0 aromatic carbocycles. The number of nitrogens with zero attached hydrogens (tertiary/aromatic N) is 1. The van der Waals surface area contributed by atoms with Crippen LogP contribution in [0.3, 0.4) is 0 Å². The molecule has 0 amide bonds. The van der Waals surface area contributed by atoms with Crippen molar-refractivity contribution in [1.29, 1.82) is 0 Å². The molecule has 174 valence electrons. The third-order valence-electron chi connectivity index (χ3n) is 5.64. The molecule has 0 aliphatic heterocycles. The van der Waals surface area contributed by atoms with Gasteiger partial charge in [0.25, 0.3) is 0 Å². The van der Waals surface area contributed by atoms with Gasteiger partial charge in [0.05, 0.1) is 26.2 Å². The van der Waals surface area contributed by atoms with Crippen LogP contribution >= 0.6 is 0 Å². The van der Waals surface area contributed by atoms with Crippen LogP contribution in [0.2, 0.25) is 0 Å². The zero-order chi connectivity index (χ0) is 23.2. The topological polar surface area (TPSA) is 115 Å². The first-order valence-corrected chi connectivity index (χ1v) is 11.2. The summed E-state index contributed by atoms with van der Waals surface area (Å²) in [5.41, 5.74) is 0. The molecule has 0 saturated carbocycles. The number of hydrogen-bond acceptors (Lipinski definition) is 4. The maximum Gasteiger partial charge on any atom is 0.311 e. The number of allylic oxidation sites excluding steroid dienone is 1. The molecule has 0 aliphatic carbocycles. The summed E-state index contributed by atoms with van der Waals surface area (Å²) in [4.78, 5) is 34.3. The number of quaternary nitrogens is 1. The molecule has 7 heteroatoms. The van der Waals surface area contributed by atoms with Crippen LogP contribution in [0.1, 0.15) is 72.6 Å². The number of carbonyl (C=O) groups excluding carboxylic acids is 1. The molecule has 0 heterocycles. The predicted molar refractivity (Wildman–Crippen MR) is 115 cm³/mol. The fraction of sp³-hybridized carbons (Fsp3) is 0.783. The van der Waals surface area contributed by atoms with Crippen LogP contribution in [0.5, 0.6) is 0 Å². The van der Waals surface area contributed by atoms with E-state index in [9.17, 15) is 29.7 Å². The van der Waals surface area contributed by atoms with Crippen LogP contribution < -0.4 is 5.11 Å². The molecule has 0 aromatic rings. The molecule has 0 bridgehead atoms. The standard InChI is InChI=1S/C23H41NO6/c1-5-6-7-8-9-10-11-12-13-14-24(15-18(2)21(25)26,16-19(3)22(27)28)17-20(4)23(29)30/h11-12,18-20H,5-10,13-17H2,1-4H3,(H2-,25,26,27,28,29,30)/b12-11+. The number of carbonyl (C=O) groups is 3. The molecule has 7 nitrogen and oxygen atoms in total. The average molecular weight is 428 g/mol. The lowest BCUT2D eigenvalue weighted by molar-refractivity contribution is -0.934. The molecule has 0 aromatic heterocycles. The Morgan fingerprint density at radius 2 is 1.27 bits per heavy atom. The van der Waals surface area contributed by atoms with E-state index in [2.05, 4.69) is 13.0 Å². The first kappa shape index (κ1) is 28.1. The monoisotopic (exact) mass is 427 g/mol. The van der Waals surface area contributed by atoms with Crippen LogP contribution in [0.15, 0.2) is 12.2 Å². The summed E-state index contributed by atoms with van der Waals surface area (Å²) in [6.45, 7) is 7.91. The van der Waals surface area contributed by atoms with Crippen molar-refractivity contribution in [1.82, 2.24) is 0 Å². The van der Waals surface area contributed by atoms with E-state index in [1.165, 1.54) is 32.6 Å². The van der Waals surface area contributed by atoms with Gasteiger partial charge in [0.2, 0.25) is 0 Å². The van der Waals surface area contributed by atoms with Crippen LogP contribution in [-0.4, -0.2) is 58.8 Å². The van der Waals surface area contributed by atoms with Gasteiger partial charge in [-0.05, 0) is 26.7 Å². The van der Waals surface area contributed by atoms with E-state index in [1.54, 1.807) is 13.8 Å². The highest BCUT2D eigenvalue weighted by molar-refractivity contribution is 5.70. The smallest absolute Gasteiger partial charge is 0.311 e. The molecule has 2 N–H and O–H groups in total. The highest BCUT2D eigenvalue weighted by atomic mass is 16.4. The first-order chi connectivity index (χ1) is 14.0. The second-order valence-electron chi connectivity index (χ2n) is 8.77. The van der Waals surface area contributed by atoms with Gasteiger partial charge in [-0.2, -0.15) is 0 Å². The number of aliphatic carboxylic acids is 3. The molecule has 0 radical (unpaired) electrons. The number of carboxylic acid groups (broad SMARTS) is 3. The Labute approximate surface area is 181 Å². The molecule has 0 saturated heterocycles. The van der Waals surface area contributed by atoms with E-state index < -0.39 is 35.7 Å². The number of hydrogen-bond donors (Lipinski definition) is 2. The summed E-state index contributed by atoms with van der Waals surface area (Å²) in [6.07, 6.45) is 11.8. The normalized spacial score (nSPS) is 16.7. The van der Waals surface area contributed by atoms with Crippen LogP contribution in [0.4, 0.5) is 0 Å². The highest BCUT2D eigenvalue weighted by Crippen LogP contribution is 2.21. The van der Waals surface area contributed by atoms with Crippen molar-refractivity contribution >= 4 is 17.9 Å². The van der Waals surface area contributed by atoms with E-state index in [1.807, 2.05) is 6.08 Å². The fourth-order valence-corrected chi connectivity index (χ4v) is 3.92. The van der Waals surface area contributed by atoms with Crippen LogP contribution in [0.25, 0.3) is 0 Å². The van der Waals surface area contributed by atoms with Gasteiger partial charge in [-0.1, -0.05) is 51.7 Å². The van der Waals surface area contributed by atoms with Gasteiger partial charge in [-0.3, -0.25) is 9.59 Å². The van der Waals surface area contributed by atoms with Crippen molar-refractivity contribution in [3.05, 3.63) is 12.2 Å². The summed E-state index contributed by atoms with van der Waals surface area (Å²) in [6, 6.07) is 0. The minimum Gasteiger partial charge on any atom is -0.550 e. The molecule has 0 spiro atoms. The lowest BCUT2D eigenvalue weighted by Gasteiger charge is -2.42. The van der Waals surface area contributed by atoms with Crippen LogP contribution in [-0.2, 0) is 14.4 Å². The minimum absolute atomic E-state index is 0.136. The largest absolute Gasteiger partial charge is 0.550 e. The van der Waals surface area contributed by atoms with E-state index >= 15 is 0 Å². The number of carboxylic acids is 3. The third-order valence-corrected chi connectivity index (χ3v) is 5.64. The quantitative estimate of drug-likeness (QED) is 0.197. The third kappa shape index (κ3) is 12.0. The number of unbranched alkanes of at least 4 members (excludes halogenated alkanes) is 5. The van der Waals surface area contributed by atoms with Gasteiger partial charge >= 0.3 is 11.9 Å². The highest BCUT2D eigenvalue weighted by Gasteiger charge is 2.36. The molecular weight excluding hydrogens is 386 g/mol. The number of rotatable bonds is 18. The lowest BCUT2D eigenvalue weighted by atomic mass is 10.0. The van der Waals surface area contributed by atoms with E-state index in [-0.39, 0.29) is 24.1 Å². The second-order valence-corrected chi connectivity index (χ2v) is 8.77. The molecule has 0 rings (SSSR count). The summed E-state index contributed by atoms with van der Waals surface area (Å²) in [5.74, 6) is -5.35. The van der Waals surface area contributed by atoms with Crippen LogP contribution in [0, 0.1) is 17.8 Å². The molecule has 3 atom stereocenters. The fourth-order valence-electron chi connectivity index (χ4n) is 3.92. The molecule has 0 aliphatic rings. The molecule has 30 heavy (non-hydrogen) atoms. The van der Waals surface area contributed by atoms with Crippen molar-refractivity contribution in [2.45, 2.75) is 72.6 Å². The van der Waals surface area contributed by atoms with Gasteiger partial charge in [-0.25, -0.2) is 0 Å². The van der Waals surface area contributed by atoms with Gasteiger partial charge in [0.1, 0.15) is 11.8 Å². The van der Waals surface area contributed by atoms with E-state index in [0.717, 1.165) is 12.8 Å². The Morgan fingerprint density at radius 1 is 0.800 bits per heavy atom. The van der Waals surface area contributed by atoms with Gasteiger partial charge in [-0.15, -0.1) is 0 Å². The molecule has 3 unspecified atom stereocenters. The summed E-state index contributed by atoms with van der Waals surface area (Å²) < 4.78 is 0.136. The maximum atomic E-state index is 11.5. The summed E-state index contributed by atoms with van der Waals surface area (Å²) in [5, 5.41) is 30.2. The SMILES string of the molecule is CCCCCCC/C=C/CC[N+](CC(C)C(=O)[O-])(CC(C)C(=O)O)CC(C)C(=O)O. The lowest BCUT2D eigenvalue weighted by Crippen LogP contribution is -2.58.